The number of benzene rings is 2. The number of fused-ring (bicyclic) bond motifs is 1. The highest BCUT2D eigenvalue weighted by atomic mass is 79.9. The second-order valence-electron chi connectivity index (χ2n) is 4.67. The van der Waals surface area contributed by atoms with Crippen molar-refractivity contribution in [3.8, 4) is 0 Å². The van der Waals surface area contributed by atoms with Crippen LogP contribution in [0.2, 0.25) is 0 Å². The molecule has 2 N–H and O–H groups in total. The van der Waals surface area contributed by atoms with Gasteiger partial charge in [-0.05, 0) is 29.8 Å². The average molecular weight is 335 g/mol. The number of carbonyl (C=O) groups excluding carboxylic acids is 1. The normalized spacial score (nSPS) is 16.4. The van der Waals surface area contributed by atoms with Crippen molar-refractivity contribution in [2.45, 2.75) is 12.5 Å². The summed E-state index contributed by atoms with van der Waals surface area (Å²) in [4.78, 5) is 12.2. The lowest BCUT2D eigenvalue weighted by Gasteiger charge is -2.12. The van der Waals surface area contributed by atoms with Gasteiger partial charge in [-0.2, -0.15) is 0 Å². The monoisotopic (exact) mass is 334 g/mol. The summed E-state index contributed by atoms with van der Waals surface area (Å²) < 4.78 is 14.3. The first kappa shape index (κ1) is 13.1. The van der Waals surface area contributed by atoms with E-state index in [4.69, 9.17) is 0 Å². The van der Waals surface area contributed by atoms with E-state index in [0.717, 1.165) is 15.7 Å². The molecule has 2 aromatic carbocycles. The number of rotatable bonds is 2. The molecular weight excluding hydrogens is 323 g/mol. The Labute approximate surface area is 124 Å². The Morgan fingerprint density at radius 1 is 1.30 bits per heavy atom. The predicted octanol–water partition coefficient (Wildman–Crippen LogP) is 3.56. The van der Waals surface area contributed by atoms with Crippen LogP contribution < -0.4 is 10.6 Å². The van der Waals surface area contributed by atoms with E-state index >= 15 is 0 Å². The Bertz CT molecular complexity index is 650. The van der Waals surface area contributed by atoms with Crippen LogP contribution in [0.3, 0.4) is 0 Å². The van der Waals surface area contributed by atoms with Gasteiger partial charge in [0, 0.05) is 16.6 Å². The van der Waals surface area contributed by atoms with Gasteiger partial charge in [0.15, 0.2) is 0 Å². The minimum Gasteiger partial charge on any atom is -0.373 e. The summed E-state index contributed by atoms with van der Waals surface area (Å²) >= 11 is 3.26. The zero-order chi connectivity index (χ0) is 14.1. The van der Waals surface area contributed by atoms with Gasteiger partial charge in [-0.1, -0.05) is 34.1 Å². The largest absolute Gasteiger partial charge is 0.373 e. The quantitative estimate of drug-likeness (QED) is 0.881. The molecule has 0 aliphatic carbocycles. The molecule has 0 unspecified atom stereocenters. The summed E-state index contributed by atoms with van der Waals surface area (Å²) in [6.07, 6.45) is 0.609. The fraction of sp³-hybridized carbons (Fsp3) is 0.133. The fourth-order valence-electron chi connectivity index (χ4n) is 2.27. The lowest BCUT2D eigenvalue weighted by molar-refractivity contribution is -0.116. The maximum atomic E-state index is 13.6. The van der Waals surface area contributed by atoms with Crippen LogP contribution in [0.15, 0.2) is 46.9 Å². The highest BCUT2D eigenvalue weighted by Gasteiger charge is 2.26. The highest BCUT2D eigenvalue weighted by Crippen LogP contribution is 2.26. The van der Waals surface area contributed by atoms with Crippen LogP contribution in [0.5, 0.6) is 0 Å². The first-order chi connectivity index (χ1) is 9.63. The van der Waals surface area contributed by atoms with E-state index in [2.05, 4.69) is 26.6 Å². The van der Waals surface area contributed by atoms with Gasteiger partial charge in [0.2, 0.25) is 5.91 Å². The van der Waals surface area contributed by atoms with Crippen LogP contribution in [0, 0.1) is 5.82 Å². The van der Waals surface area contributed by atoms with Gasteiger partial charge in [0.1, 0.15) is 11.9 Å². The SMILES string of the molecule is O=C(Nc1cc(Br)ccc1F)[C@@H]1Cc2ccccc2N1. The van der Waals surface area contributed by atoms with Gasteiger partial charge in [0.25, 0.3) is 0 Å². The van der Waals surface area contributed by atoms with Crippen molar-refractivity contribution < 1.29 is 9.18 Å². The Kier molecular flexibility index (Phi) is 3.44. The highest BCUT2D eigenvalue weighted by molar-refractivity contribution is 9.10. The van der Waals surface area contributed by atoms with Crippen LogP contribution in [0.1, 0.15) is 5.56 Å². The van der Waals surface area contributed by atoms with E-state index in [9.17, 15) is 9.18 Å². The second kappa shape index (κ2) is 5.25. The fourth-order valence-corrected chi connectivity index (χ4v) is 2.63. The van der Waals surface area contributed by atoms with Gasteiger partial charge >= 0.3 is 0 Å². The molecule has 0 radical (unpaired) electrons. The Morgan fingerprint density at radius 3 is 2.90 bits per heavy atom. The number of para-hydroxylation sites is 1. The summed E-state index contributed by atoms with van der Waals surface area (Å²) in [6, 6.07) is 11.9. The van der Waals surface area contributed by atoms with Crippen molar-refractivity contribution in [3.63, 3.8) is 0 Å². The predicted molar refractivity (Wildman–Crippen MR) is 80.3 cm³/mol. The molecule has 1 atom stereocenters. The van der Waals surface area contributed by atoms with Crippen molar-refractivity contribution in [2.24, 2.45) is 0 Å². The first-order valence-corrected chi connectivity index (χ1v) is 7.03. The number of anilines is 2. The number of hydrogen-bond acceptors (Lipinski definition) is 2. The van der Waals surface area contributed by atoms with Crippen LogP contribution in [0.25, 0.3) is 0 Å². The van der Waals surface area contributed by atoms with Gasteiger partial charge in [-0.25, -0.2) is 4.39 Å². The maximum absolute atomic E-state index is 13.6. The summed E-state index contributed by atoms with van der Waals surface area (Å²) in [5.74, 6) is -0.685. The number of hydrogen-bond donors (Lipinski definition) is 2. The molecule has 3 nitrogen and oxygen atoms in total. The molecule has 0 saturated heterocycles. The van der Waals surface area contributed by atoms with Crippen molar-refractivity contribution in [1.82, 2.24) is 0 Å². The number of nitrogens with one attached hydrogen (secondary N) is 2. The molecule has 20 heavy (non-hydrogen) atoms. The van der Waals surface area contributed by atoms with Crippen LogP contribution in [-0.4, -0.2) is 11.9 Å². The van der Waals surface area contributed by atoms with E-state index in [-0.39, 0.29) is 17.6 Å². The van der Waals surface area contributed by atoms with Crippen molar-refractivity contribution in [3.05, 3.63) is 58.3 Å². The second-order valence-corrected chi connectivity index (χ2v) is 5.59. The molecule has 0 spiro atoms. The van der Waals surface area contributed by atoms with Gasteiger partial charge in [-0.15, -0.1) is 0 Å². The van der Waals surface area contributed by atoms with Crippen LogP contribution >= 0.6 is 15.9 Å². The molecule has 1 aliphatic rings. The average Bonchev–Trinajstić information content (AvgIpc) is 2.87. The van der Waals surface area contributed by atoms with Gasteiger partial charge in [0.05, 0.1) is 5.69 Å². The Balaban J connectivity index is 1.74. The summed E-state index contributed by atoms with van der Waals surface area (Å²) in [6.45, 7) is 0. The molecule has 1 aliphatic heterocycles. The van der Waals surface area contributed by atoms with Gasteiger partial charge in [-0.3, -0.25) is 4.79 Å². The van der Waals surface area contributed by atoms with Crippen LogP contribution in [0.4, 0.5) is 15.8 Å². The zero-order valence-corrected chi connectivity index (χ0v) is 12.1. The van der Waals surface area contributed by atoms with Crippen molar-refractivity contribution in [1.29, 1.82) is 0 Å². The third-order valence-corrected chi connectivity index (χ3v) is 3.77. The minimum atomic E-state index is -0.447. The third-order valence-electron chi connectivity index (χ3n) is 3.27. The van der Waals surface area contributed by atoms with E-state index in [1.54, 1.807) is 12.1 Å². The molecule has 1 amide bonds. The topological polar surface area (TPSA) is 41.1 Å². The lowest BCUT2D eigenvalue weighted by atomic mass is 10.1. The molecule has 3 rings (SSSR count). The molecule has 102 valence electrons. The molecule has 2 aromatic rings. The third kappa shape index (κ3) is 2.54. The number of halogens is 2. The minimum absolute atomic E-state index is 0.183. The molecule has 0 saturated carbocycles. The van der Waals surface area contributed by atoms with E-state index in [0.29, 0.717) is 6.42 Å². The molecule has 0 aromatic heterocycles. The number of carbonyl (C=O) groups is 1. The molecular formula is C15H12BrFN2O. The Hall–Kier alpha value is -1.88. The zero-order valence-electron chi connectivity index (χ0n) is 10.5. The first-order valence-electron chi connectivity index (χ1n) is 6.24. The maximum Gasteiger partial charge on any atom is 0.247 e. The smallest absolute Gasteiger partial charge is 0.247 e. The summed E-state index contributed by atoms with van der Waals surface area (Å²) in [5.41, 5.74) is 2.24. The number of amides is 1. The molecule has 5 heteroatoms. The van der Waals surface area contributed by atoms with E-state index in [1.165, 1.54) is 6.07 Å². The molecule has 0 bridgehead atoms. The van der Waals surface area contributed by atoms with E-state index in [1.807, 2.05) is 24.3 Å². The van der Waals surface area contributed by atoms with Crippen molar-refractivity contribution in [2.75, 3.05) is 10.6 Å². The van der Waals surface area contributed by atoms with Gasteiger partial charge < -0.3 is 10.6 Å². The summed E-state index contributed by atoms with van der Waals surface area (Å²) in [5, 5.41) is 5.76. The molecule has 1 heterocycles. The molecule has 0 fully saturated rings. The van der Waals surface area contributed by atoms with E-state index < -0.39 is 5.82 Å². The Morgan fingerprint density at radius 2 is 2.10 bits per heavy atom. The lowest BCUT2D eigenvalue weighted by Crippen LogP contribution is -2.33. The van der Waals surface area contributed by atoms with Crippen LogP contribution in [-0.2, 0) is 11.2 Å². The summed E-state index contributed by atoms with van der Waals surface area (Å²) in [7, 11) is 0. The standard InChI is InChI=1S/C15H12BrFN2O/c16-10-5-6-11(17)13(8-10)19-15(20)14-7-9-3-1-2-4-12(9)18-14/h1-6,8,14,18H,7H2,(H,19,20)/t14-/m0/s1. The van der Waals surface area contributed by atoms with Crippen molar-refractivity contribution >= 4 is 33.2 Å².